The summed E-state index contributed by atoms with van der Waals surface area (Å²) in [6.45, 7) is 2.48. The van der Waals surface area contributed by atoms with Gasteiger partial charge in [0.1, 0.15) is 0 Å². The molecule has 3 N–H and O–H groups in total. The summed E-state index contributed by atoms with van der Waals surface area (Å²) in [7, 11) is -3.16. The number of amides is 1. The van der Waals surface area contributed by atoms with Gasteiger partial charge in [0, 0.05) is 19.1 Å². The first-order chi connectivity index (χ1) is 7.30. The molecular formula is C9H20ClN3O3S. The van der Waals surface area contributed by atoms with Gasteiger partial charge in [-0.1, -0.05) is 0 Å². The lowest BCUT2D eigenvalue weighted by Crippen LogP contribution is -2.52. The van der Waals surface area contributed by atoms with Gasteiger partial charge in [0.05, 0.1) is 12.3 Å². The smallest absolute Gasteiger partial charge is 0.236 e. The minimum absolute atomic E-state index is 0. The highest BCUT2D eigenvalue weighted by atomic mass is 35.5. The van der Waals surface area contributed by atoms with Crippen molar-refractivity contribution in [1.29, 1.82) is 0 Å². The number of rotatable bonds is 3. The van der Waals surface area contributed by atoms with Crippen molar-refractivity contribution in [3.63, 3.8) is 0 Å². The van der Waals surface area contributed by atoms with Crippen LogP contribution in [0.25, 0.3) is 0 Å². The first kappa shape index (κ1) is 16.6. The Kier molecular flexibility index (Phi) is 6.39. The SMILES string of the molecule is C[C@@H](N)C(=O)NC1CCCN(S(C)(=O)=O)C1.Cl. The largest absolute Gasteiger partial charge is 0.351 e. The molecule has 0 saturated carbocycles. The lowest BCUT2D eigenvalue weighted by atomic mass is 10.1. The van der Waals surface area contributed by atoms with Crippen molar-refractivity contribution < 1.29 is 13.2 Å². The number of carbonyl (C=O) groups is 1. The lowest BCUT2D eigenvalue weighted by Gasteiger charge is -2.31. The number of nitrogens with zero attached hydrogens (tertiary/aromatic N) is 1. The molecule has 1 fully saturated rings. The Labute approximate surface area is 108 Å². The summed E-state index contributed by atoms with van der Waals surface area (Å²) in [5.74, 6) is -0.236. The summed E-state index contributed by atoms with van der Waals surface area (Å²) in [6, 6.07) is -0.685. The van der Waals surface area contributed by atoms with Gasteiger partial charge in [-0.05, 0) is 19.8 Å². The topological polar surface area (TPSA) is 92.5 Å². The van der Waals surface area contributed by atoms with Gasteiger partial charge in [0.2, 0.25) is 15.9 Å². The van der Waals surface area contributed by atoms with Crippen LogP contribution in [0.2, 0.25) is 0 Å². The van der Waals surface area contributed by atoms with Gasteiger partial charge in [-0.15, -0.1) is 12.4 Å². The molecule has 0 aliphatic carbocycles. The summed E-state index contributed by atoms with van der Waals surface area (Å²) in [5.41, 5.74) is 5.43. The highest BCUT2D eigenvalue weighted by Gasteiger charge is 2.27. The van der Waals surface area contributed by atoms with Gasteiger partial charge in [-0.2, -0.15) is 0 Å². The van der Waals surface area contributed by atoms with E-state index in [1.807, 2.05) is 0 Å². The lowest BCUT2D eigenvalue weighted by molar-refractivity contribution is -0.122. The second kappa shape index (κ2) is 6.53. The minimum Gasteiger partial charge on any atom is -0.351 e. The summed E-state index contributed by atoms with van der Waals surface area (Å²) in [4.78, 5) is 11.4. The molecule has 6 nitrogen and oxygen atoms in total. The third-order valence-electron chi connectivity index (χ3n) is 2.61. The number of nitrogens with two attached hydrogens (primary N) is 1. The number of hydrogen-bond acceptors (Lipinski definition) is 4. The fourth-order valence-electron chi connectivity index (χ4n) is 1.69. The Morgan fingerprint density at radius 3 is 2.59 bits per heavy atom. The van der Waals surface area contributed by atoms with Crippen LogP contribution >= 0.6 is 12.4 Å². The van der Waals surface area contributed by atoms with Crippen molar-refractivity contribution in [3.05, 3.63) is 0 Å². The van der Waals surface area contributed by atoms with Crippen molar-refractivity contribution in [1.82, 2.24) is 9.62 Å². The van der Waals surface area contributed by atoms with Crippen LogP contribution in [0.4, 0.5) is 0 Å². The molecule has 1 rings (SSSR count). The van der Waals surface area contributed by atoms with Crippen molar-refractivity contribution in [2.75, 3.05) is 19.3 Å². The molecule has 1 amide bonds. The molecule has 0 radical (unpaired) electrons. The van der Waals surface area contributed by atoms with E-state index in [-0.39, 0.29) is 24.4 Å². The van der Waals surface area contributed by atoms with Crippen LogP contribution in [0.1, 0.15) is 19.8 Å². The highest BCUT2D eigenvalue weighted by Crippen LogP contribution is 2.12. The van der Waals surface area contributed by atoms with Gasteiger partial charge >= 0.3 is 0 Å². The molecule has 1 aliphatic heterocycles. The van der Waals surface area contributed by atoms with Crippen LogP contribution in [-0.2, 0) is 14.8 Å². The quantitative estimate of drug-likeness (QED) is 0.717. The molecule has 1 unspecified atom stereocenters. The predicted octanol–water partition coefficient (Wildman–Crippen LogP) is -0.704. The monoisotopic (exact) mass is 285 g/mol. The van der Waals surface area contributed by atoms with E-state index < -0.39 is 16.1 Å². The fourth-order valence-corrected chi connectivity index (χ4v) is 2.61. The number of piperidine rings is 1. The number of nitrogens with one attached hydrogen (secondary N) is 1. The molecule has 17 heavy (non-hydrogen) atoms. The van der Waals surface area contributed by atoms with E-state index in [1.165, 1.54) is 10.6 Å². The molecule has 1 aliphatic rings. The van der Waals surface area contributed by atoms with Crippen LogP contribution in [0.3, 0.4) is 0 Å². The third kappa shape index (κ3) is 5.20. The molecule has 8 heteroatoms. The van der Waals surface area contributed by atoms with Crippen LogP contribution in [0.15, 0.2) is 0 Å². The molecule has 1 heterocycles. The second-order valence-corrected chi connectivity index (χ2v) is 6.24. The maximum atomic E-state index is 11.4. The zero-order valence-corrected chi connectivity index (χ0v) is 11.7. The minimum atomic E-state index is -3.16. The van der Waals surface area contributed by atoms with E-state index in [9.17, 15) is 13.2 Å². The summed E-state index contributed by atoms with van der Waals surface area (Å²) < 4.78 is 24.1. The average molecular weight is 286 g/mol. The molecule has 0 spiro atoms. The van der Waals surface area contributed by atoms with E-state index in [1.54, 1.807) is 6.92 Å². The molecule has 0 aromatic heterocycles. The predicted molar refractivity (Wildman–Crippen MR) is 68.5 cm³/mol. The maximum absolute atomic E-state index is 11.4. The molecule has 2 atom stereocenters. The maximum Gasteiger partial charge on any atom is 0.236 e. The van der Waals surface area contributed by atoms with Gasteiger partial charge in [-0.3, -0.25) is 4.79 Å². The van der Waals surface area contributed by atoms with Crippen molar-refractivity contribution in [3.8, 4) is 0 Å². The van der Waals surface area contributed by atoms with Gasteiger partial charge < -0.3 is 11.1 Å². The third-order valence-corrected chi connectivity index (χ3v) is 3.88. The van der Waals surface area contributed by atoms with Crippen LogP contribution in [-0.4, -0.2) is 50.1 Å². The second-order valence-electron chi connectivity index (χ2n) is 4.26. The van der Waals surface area contributed by atoms with E-state index in [2.05, 4.69) is 5.32 Å². The zero-order chi connectivity index (χ0) is 12.3. The Morgan fingerprint density at radius 2 is 2.12 bits per heavy atom. The Balaban J connectivity index is 0.00000256. The van der Waals surface area contributed by atoms with E-state index in [4.69, 9.17) is 5.73 Å². The first-order valence-electron chi connectivity index (χ1n) is 5.32. The highest BCUT2D eigenvalue weighted by molar-refractivity contribution is 7.88. The van der Waals surface area contributed by atoms with E-state index >= 15 is 0 Å². The number of halogens is 1. The molecule has 0 aromatic rings. The number of sulfonamides is 1. The fraction of sp³-hybridized carbons (Fsp3) is 0.889. The van der Waals surface area contributed by atoms with E-state index in [0.29, 0.717) is 13.1 Å². The van der Waals surface area contributed by atoms with Crippen LogP contribution in [0, 0.1) is 0 Å². The van der Waals surface area contributed by atoms with Gasteiger partial charge in [-0.25, -0.2) is 12.7 Å². The molecule has 0 bridgehead atoms. The van der Waals surface area contributed by atoms with Crippen LogP contribution < -0.4 is 11.1 Å². The number of hydrogen-bond donors (Lipinski definition) is 2. The summed E-state index contributed by atoms with van der Waals surface area (Å²) in [6.07, 6.45) is 2.74. The standard InChI is InChI=1S/C9H19N3O3S.ClH/c1-7(10)9(13)11-8-4-3-5-12(6-8)16(2,14)15;/h7-8H,3-6,10H2,1-2H3,(H,11,13);1H/t7-,8?;/m1./s1. The molecular weight excluding hydrogens is 266 g/mol. The zero-order valence-electron chi connectivity index (χ0n) is 10.0. The molecule has 1 saturated heterocycles. The van der Waals surface area contributed by atoms with Crippen molar-refractivity contribution >= 4 is 28.3 Å². The van der Waals surface area contributed by atoms with Crippen molar-refractivity contribution in [2.24, 2.45) is 5.73 Å². The Bertz CT molecular complexity index is 358. The Morgan fingerprint density at radius 1 is 1.53 bits per heavy atom. The van der Waals surface area contributed by atoms with Gasteiger partial charge in [0.15, 0.2) is 0 Å². The first-order valence-corrected chi connectivity index (χ1v) is 7.16. The summed E-state index contributed by atoms with van der Waals surface area (Å²) in [5, 5.41) is 2.75. The van der Waals surface area contributed by atoms with Gasteiger partial charge in [0.25, 0.3) is 0 Å². The molecule has 0 aromatic carbocycles. The Hall–Kier alpha value is -0.370. The summed E-state index contributed by atoms with van der Waals surface area (Å²) >= 11 is 0. The van der Waals surface area contributed by atoms with Crippen LogP contribution in [0.5, 0.6) is 0 Å². The normalized spacial score (nSPS) is 23.6. The average Bonchev–Trinajstić information content (AvgIpc) is 2.16. The number of carbonyl (C=O) groups excluding carboxylic acids is 1. The molecule has 102 valence electrons. The van der Waals surface area contributed by atoms with Crippen molar-refractivity contribution in [2.45, 2.75) is 31.8 Å². The van der Waals surface area contributed by atoms with E-state index in [0.717, 1.165) is 12.8 Å².